The van der Waals surface area contributed by atoms with Crippen molar-refractivity contribution in [3.05, 3.63) is 95.6 Å². The third kappa shape index (κ3) is 4.68. The molecule has 0 spiro atoms. The van der Waals surface area contributed by atoms with Gasteiger partial charge in [-0.15, -0.1) is 0 Å². The summed E-state index contributed by atoms with van der Waals surface area (Å²) < 4.78 is 53.3. The van der Waals surface area contributed by atoms with E-state index in [0.717, 1.165) is 22.9 Å². The second-order valence-electron chi connectivity index (χ2n) is 7.72. The molecule has 0 saturated heterocycles. The fourth-order valence-electron chi connectivity index (χ4n) is 3.57. The number of nitrogens with one attached hydrogen (secondary N) is 1. The Kier molecular flexibility index (Phi) is 5.79. The first-order valence-electron chi connectivity index (χ1n) is 9.95. The number of hydrazone groups is 1. The molecule has 0 aromatic heterocycles. The van der Waals surface area contributed by atoms with Crippen LogP contribution in [0, 0.1) is 6.92 Å². The molecule has 1 aliphatic rings. The van der Waals surface area contributed by atoms with E-state index < -0.39 is 26.1 Å². The van der Waals surface area contributed by atoms with Crippen molar-refractivity contribution in [2.45, 2.75) is 24.3 Å². The molecule has 0 bridgehead atoms. The summed E-state index contributed by atoms with van der Waals surface area (Å²) in [7, 11) is -7.25. The number of hydrogen-bond acceptors (Lipinski definition) is 5. The minimum absolute atomic E-state index is 0.176. The van der Waals surface area contributed by atoms with Crippen LogP contribution < -0.4 is 4.72 Å². The summed E-state index contributed by atoms with van der Waals surface area (Å²) >= 11 is 0. The van der Waals surface area contributed by atoms with Crippen molar-refractivity contribution in [2.75, 3.05) is 11.0 Å². The monoisotopic (exact) mass is 469 g/mol. The van der Waals surface area contributed by atoms with Gasteiger partial charge in [0.25, 0.3) is 10.0 Å². The molecule has 9 heteroatoms. The van der Waals surface area contributed by atoms with Gasteiger partial charge in [0.1, 0.15) is 0 Å². The Morgan fingerprint density at radius 1 is 0.875 bits per heavy atom. The molecule has 1 N–H and O–H groups in total. The first-order valence-corrected chi connectivity index (χ1v) is 13.3. The largest absolute Gasteiger partial charge is 0.284 e. The predicted octanol–water partition coefficient (Wildman–Crippen LogP) is 3.91. The molecule has 0 saturated carbocycles. The second kappa shape index (κ2) is 8.40. The highest BCUT2D eigenvalue weighted by molar-refractivity contribution is 7.92. The highest BCUT2D eigenvalue weighted by Crippen LogP contribution is 2.37. The van der Waals surface area contributed by atoms with Crippen molar-refractivity contribution in [1.29, 1.82) is 0 Å². The van der Waals surface area contributed by atoms with Crippen LogP contribution >= 0.6 is 0 Å². The summed E-state index contributed by atoms with van der Waals surface area (Å²) in [6.07, 6.45) is 1.48. The minimum atomic E-state index is -3.87. The number of nitrogens with zero attached hydrogens (tertiary/aromatic N) is 2. The molecule has 1 aliphatic heterocycles. The van der Waals surface area contributed by atoms with Gasteiger partial charge in [-0.2, -0.15) is 17.9 Å². The average Bonchev–Trinajstić information content (AvgIpc) is 3.21. The van der Waals surface area contributed by atoms with E-state index in [2.05, 4.69) is 9.82 Å². The predicted molar refractivity (Wildman–Crippen MR) is 125 cm³/mol. The van der Waals surface area contributed by atoms with Crippen LogP contribution in [0.5, 0.6) is 0 Å². The maximum absolute atomic E-state index is 13.4. The van der Waals surface area contributed by atoms with Crippen LogP contribution in [-0.4, -0.2) is 33.2 Å². The highest BCUT2D eigenvalue weighted by atomic mass is 32.2. The zero-order chi connectivity index (χ0) is 22.9. The van der Waals surface area contributed by atoms with Gasteiger partial charge in [0.05, 0.1) is 22.9 Å². The number of rotatable bonds is 6. The van der Waals surface area contributed by atoms with Gasteiger partial charge in [0.15, 0.2) is 0 Å². The Hall–Kier alpha value is -3.17. The Morgan fingerprint density at radius 2 is 1.50 bits per heavy atom. The van der Waals surface area contributed by atoms with Crippen LogP contribution in [0.25, 0.3) is 0 Å². The van der Waals surface area contributed by atoms with E-state index in [1.165, 1.54) is 4.41 Å². The van der Waals surface area contributed by atoms with Crippen LogP contribution in [-0.2, 0) is 20.0 Å². The lowest BCUT2D eigenvalue weighted by Crippen LogP contribution is -2.27. The highest BCUT2D eigenvalue weighted by Gasteiger charge is 2.37. The normalized spacial score (nSPS) is 16.6. The molecule has 1 heterocycles. The molecule has 166 valence electrons. The zero-order valence-corrected chi connectivity index (χ0v) is 19.3. The van der Waals surface area contributed by atoms with Gasteiger partial charge in [-0.1, -0.05) is 60.2 Å². The van der Waals surface area contributed by atoms with Crippen molar-refractivity contribution >= 4 is 31.4 Å². The van der Waals surface area contributed by atoms with E-state index in [4.69, 9.17) is 0 Å². The van der Waals surface area contributed by atoms with Gasteiger partial charge in [-0.3, -0.25) is 4.72 Å². The van der Waals surface area contributed by atoms with E-state index in [-0.39, 0.29) is 4.90 Å². The van der Waals surface area contributed by atoms with E-state index in [0.29, 0.717) is 17.8 Å². The maximum Gasteiger partial charge on any atom is 0.279 e. The van der Waals surface area contributed by atoms with Crippen LogP contribution in [0.15, 0.2) is 88.9 Å². The average molecular weight is 470 g/mol. The molecular formula is C23H23N3O4S2. The fourth-order valence-corrected chi connectivity index (χ4v) is 5.59. The smallest absolute Gasteiger partial charge is 0.279 e. The summed E-state index contributed by atoms with van der Waals surface area (Å²) in [6.45, 7) is 1.98. The van der Waals surface area contributed by atoms with Crippen molar-refractivity contribution in [3.63, 3.8) is 0 Å². The third-order valence-electron chi connectivity index (χ3n) is 5.14. The van der Waals surface area contributed by atoms with Crippen LogP contribution in [0.3, 0.4) is 0 Å². The third-order valence-corrected chi connectivity index (χ3v) is 7.45. The summed E-state index contributed by atoms with van der Waals surface area (Å²) in [5.41, 5.74) is 3.70. The number of hydrogen-bond donors (Lipinski definition) is 1. The number of anilines is 1. The molecule has 0 aliphatic carbocycles. The molecule has 4 rings (SSSR count). The Balaban J connectivity index is 1.73. The molecule has 3 aromatic rings. The van der Waals surface area contributed by atoms with Crippen molar-refractivity contribution in [3.8, 4) is 0 Å². The summed E-state index contributed by atoms with van der Waals surface area (Å²) in [6, 6.07) is 22.2. The summed E-state index contributed by atoms with van der Waals surface area (Å²) in [5, 5.41) is 4.51. The number of aryl methyl sites for hydroxylation is 1. The van der Waals surface area contributed by atoms with E-state index >= 15 is 0 Å². The van der Waals surface area contributed by atoms with Gasteiger partial charge in [0.2, 0.25) is 10.0 Å². The zero-order valence-electron chi connectivity index (χ0n) is 17.6. The standard InChI is InChI=1S/C23H23N3O4S2/c1-17-8-10-19(11-9-17)23-16-22(18-12-14-20(15-13-18)25-31(2,27)28)24-26(23)32(29,30)21-6-4-3-5-7-21/h3-15,23,25H,16H2,1-2H3. The van der Waals surface area contributed by atoms with Crippen molar-refractivity contribution in [1.82, 2.24) is 4.41 Å². The van der Waals surface area contributed by atoms with Crippen molar-refractivity contribution < 1.29 is 16.8 Å². The molecule has 1 unspecified atom stereocenters. The van der Waals surface area contributed by atoms with Gasteiger partial charge >= 0.3 is 0 Å². The van der Waals surface area contributed by atoms with Crippen LogP contribution in [0.1, 0.15) is 29.2 Å². The van der Waals surface area contributed by atoms with Crippen LogP contribution in [0.4, 0.5) is 5.69 Å². The van der Waals surface area contributed by atoms with E-state index in [1.807, 2.05) is 31.2 Å². The summed E-state index contributed by atoms with van der Waals surface area (Å²) in [5.74, 6) is 0. The lowest BCUT2D eigenvalue weighted by Gasteiger charge is -2.23. The SMILES string of the molecule is Cc1ccc(C2CC(c3ccc(NS(C)(=O)=O)cc3)=NN2S(=O)(=O)c2ccccc2)cc1. The first kappa shape index (κ1) is 22.0. The molecule has 0 radical (unpaired) electrons. The molecule has 0 amide bonds. The second-order valence-corrected chi connectivity index (χ2v) is 11.3. The Bertz CT molecular complexity index is 1350. The van der Waals surface area contributed by atoms with Gasteiger partial charge in [-0.25, -0.2) is 8.42 Å². The molecule has 7 nitrogen and oxygen atoms in total. The maximum atomic E-state index is 13.4. The lowest BCUT2D eigenvalue weighted by molar-refractivity contribution is 0.371. The first-order chi connectivity index (χ1) is 15.1. The topological polar surface area (TPSA) is 95.9 Å². The van der Waals surface area contributed by atoms with Crippen LogP contribution in [0.2, 0.25) is 0 Å². The molecule has 1 atom stereocenters. The van der Waals surface area contributed by atoms with E-state index in [9.17, 15) is 16.8 Å². The molecule has 3 aromatic carbocycles. The fraction of sp³-hybridized carbons (Fsp3) is 0.174. The quantitative estimate of drug-likeness (QED) is 0.592. The molecule has 0 fully saturated rings. The Labute approximate surface area is 188 Å². The van der Waals surface area contributed by atoms with Gasteiger partial charge < -0.3 is 0 Å². The molecule has 32 heavy (non-hydrogen) atoms. The van der Waals surface area contributed by atoms with Crippen molar-refractivity contribution in [2.24, 2.45) is 5.10 Å². The number of sulfonamides is 2. The van der Waals surface area contributed by atoms with Gasteiger partial charge in [0, 0.05) is 12.1 Å². The number of benzene rings is 3. The molecular weight excluding hydrogens is 446 g/mol. The minimum Gasteiger partial charge on any atom is -0.284 e. The van der Waals surface area contributed by atoms with Gasteiger partial charge in [-0.05, 0) is 42.3 Å². The summed E-state index contributed by atoms with van der Waals surface area (Å²) in [4.78, 5) is 0.176. The lowest BCUT2D eigenvalue weighted by atomic mass is 9.98. The Morgan fingerprint density at radius 3 is 2.09 bits per heavy atom. The van der Waals surface area contributed by atoms with E-state index in [1.54, 1.807) is 54.6 Å².